The molecule has 49 heavy (non-hydrogen) atoms. The molecule has 0 aromatic carbocycles. The molecule has 0 bridgehead atoms. The number of unbranched alkanes of at least 4 members (excludes halogenated alkanes) is 1. The molecule has 2 aliphatic heterocycles. The van der Waals surface area contributed by atoms with Crippen molar-refractivity contribution in [2.24, 2.45) is 53.1 Å². The molecule has 5 aliphatic rings. The molecule has 2 heterocycles. The van der Waals surface area contributed by atoms with E-state index in [1.807, 2.05) is 0 Å². The van der Waals surface area contributed by atoms with Crippen molar-refractivity contribution in [3.05, 3.63) is 0 Å². The molecule has 7 unspecified atom stereocenters. The standard InChI is InChI=1S/C40H67N3O6/c1-3-26-24-43-40(41)20-28(26)9-14-31(44)13-8-27-11-16-33(37(47)17-12-29-19-39(49-2)38(48)22-34(27)29)36(46)7-5-4-6-25-18-30-10-15-32(45)21-35(30)42-23-25/h25-31,33-36,38-40,42-44,46,48H,3-10,12-15,17-24,41H2,1-2H3/p+2/t25-,26?,27+,28?,29?,30+,31-,33-,34?,35-,36-,38?,39?,40?/m1/s1. The zero-order valence-corrected chi connectivity index (χ0v) is 30.5. The first kappa shape index (κ1) is 38.8. The minimum atomic E-state index is -0.777. The number of piperidine rings is 2. The largest absolute Gasteiger partial charge is 0.393 e. The molecular weight excluding hydrogens is 618 g/mol. The molecule has 0 aromatic rings. The molecule has 14 atom stereocenters. The summed E-state index contributed by atoms with van der Waals surface area (Å²) in [7, 11) is 1.65. The molecule has 2 saturated heterocycles. The summed E-state index contributed by atoms with van der Waals surface area (Å²) >= 11 is 0. The first-order valence-corrected chi connectivity index (χ1v) is 20.2. The third-order valence-electron chi connectivity index (χ3n) is 13.6. The summed E-state index contributed by atoms with van der Waals surface area (Å²) in [5.74, 6) is 9.38. The summed E-state index contributed by atoms with van der Waals surface area (Å²) in [5, 5.41) is 38.1. The molecule has 9 heteroatoms. The van der Waals surface area contributed by atoms with E-state index in [2.05, 4.69) is 29.4 Å². The van der Waals surface area contributed by atoms with Gasteiger partial charge in [0.1, 0.15) is 23.7 Å². The molecule has 2 saturated carbocycles. The highest BCUT2D eigenvalue weighted by Crippen LogP contribution is 2.42. The van der Waals surface area contributed by atoms with E-state index in [1.54, 1.807) is 7.11 Å². The Morgan fingerprint density at radius 1 is 0.898 bits per heavy atom. The predicted molar refractivity (Wildman–Crippen MR) is 189 cm³/mol. The number of hydrogen-bond donors (Lipinski definition) is 6. The van der Waals surface area contributed by atoms with Gasteiger partial charge in [0.25, 0.3) is 0 Å². The smallest absolute Gasteiger partial charge is 0.150 e. The Kier molecular flexibility index (Phi) is 15.0. The third kappa shape index (κ3) is 10.8. The van der Waals surface area contributed by atoms with Gasteiger partial charge in [-0.25, -0.2) is 0 Å². The molecule has 0 amide bonds. The SMILES string of the molecule is CCC1C[NH2+]C(N)CC1CC[C@H](O)CC[C@H]1C#C[C@H]([C@H](O)CCCC[C@H]2C[NH2+][C@@H]3CC(=O)CC[C@H]3C2)C(=O)CCC2CC(OC)C(O)CC21. The van der Waals surface area contributed by atoms with Crippen molar-refractivity contribution in [3.8, 4) is 11.8 Å². The number of carbonyl (C=O) groups excluding carboxylic acids is 2. The van der Waals surface area contributed by atoms with E-state index in [1.165, 1.54) is 6.42 Å². The topological polar surface area (TPSA) is 163 Å². The molecular formula is C40H69N3O6+2. The van der Waals surface area contributed by atoms with Crippen LogP contribution in [0.25, 0.3) is 0 Å². The number of fused-ring (bicyclic) bond motifs is 2. The Balaban J connectivity index is 1.16. The summed E-state index contributed by atoms with van der Waals surface area (Å²) in [6, 6.07) is 0.486. The van der Waals surface area contributed by atoms with Gasteiger partial charge in [-0.15, -0.1) is 0 Å². The fourth-order valence-corrected chi connectivity index (χ4v) is 10.5. The van der Waals surface area contributed by atoms with Crippen molar-refractivity contribution >= 4 is 11.6 Å². The molecule has 278 valence electrons. The number of rotatable bonds is 14. The van der Waals surface area contributed by atoms with E-state index in [4.69, 9.17) is 10.5 Å². The monoisotopic (exact) mass is 688 g/mol. The van der Waals surface area contributed by atoms with Gasteiger partial charge in [-0.3, -0.25) is 15.3 Å². The van der Waals surface area contributed by atoms with E-state index >= 15 is 0 Å². The molecule has 9 nitrogen and oxygen atoms in total. The van der Waals surface area contributed by atoms with E-state index in [0.717, 1.165) is 83.7 Å². The summed E-state index contributed by atoms with van der Waals surface area (Å²) in [6.45, 7) is 4.41. The predicted octanol–water partition coefficient (Wildman–Crippen LogP) is 2.05. The van der Waals surface area contributed by atoms with Crippen LogP contribution in [0.5, 0.6) is 0 Å². The second kappa shape index (κ2) is 18.9. The zero-order valence-electron chi connectivity index (χ0n) is 30.5. The lowest BCUT2D eigenvalue weighted by Gasteiger charge is -2.41. The van der Waals surface area contributed by atoms with Crippen molar-refractivity contribution in [2.75, 3.05) is 20.2 Å². The second-order valence-electron chi connectivity index (χ2n) is 16.9. The third-order valence-corrected chi connectivity index (χ3v) is 13.6. The van der Waals surface area contributed by atoms with Crippen LogP contribution in [0.15, 0.2) is 0 Å². The van der Waals surface area contributed by atoms with Crippen molar-refractivity contribution in [1.29, 1.82) is 0 Å². The summed E-state index contributed by atoms with van der Waals surface area (Å²) in [6.07, 6.45) is 13.2. The number of aliphatic hydroxyl groups is 3. The number of ether oxygens (including phenoxy) is 1. The minimum absolute atomic E-state index is 0.0349. The Hall–Kier alpha value is -1.38. The number of nitrogens with two attached hydrogens (primary N) is 3. The molecule has 0 aromatic heterocycles. The fraction of sp³-hybridized carbons (Fsp3) is 0.900. The number of carbonyl (C=O) groups is 2. The number of methoxy groups -OCH3 is 1. The highest BCUT2D eigenvalue weighted by Gasteiger charge is 2.42. The van der Waals surface area contributed by atoms with Gasteiger partial charge in [0.2, 0.25) is 0 Å². The number of aliphatic hydroxyl groups excluding tert-OH is 3. The van der Waals surface area contributed by atoms with Gasteiger partial charge in [0.05, 0.1) is 50.0 Å². The Morgan fingerprint density at radius 2 is 1.69 bits per heavy atom. The normalized spacial score (nSPS) is 39.7. The molecule has 9 N–H and O–H groups in total. The van der Waals surface area contributed by atoms with Gasteiger partial charge in [0, 0.05) is 50.0 Å². The number of quaternary nitrogens is 2. The van der Waals surface area contributed by atoms with Crippen LogP contribution in [0.3, 0.4) is 0 Å². The number of Topliss-reactive ketones (excluding diaryl/α,β-unsaturated/α-hetero) is 2. The highest BCUT2D eigenvalue weighted by atomic mass is 16.5. The van der Waals surface area contributed by atoms with E-state index in [0.29, 0.717) is 74.0 Å². The van der Waals surface area contributed by atoms with Gasteiger partial charge in [-0.1, -0.05) is 31.6 Å². The van der Waals surface area contributed by atoms with Crippen LogP contribution in [0.1, 0.15) is 122 Å². The lowest BCUT2D eigenvalue weighted by Crippen LogP contribution is -2.96. The maximum atomic E-state index is 13.5. The first-order valence-electron chi connectivity index (χ1n) is 20.2. The first-order chi connectivity index (χ1) is 23.6. The van der Waals surface area contributed by atoms with Crippen LogP contribution in [0.2, 0.25) is 0 Å². The lowest BCUT2D eigenvalue weighted by molar-refractivity contribution is -0.711. The summed E-state index contributed by atoms with van der Waals surface area (Å²) in [5.41, 5.74) is 6.25. The van der Waals surface area contributed by atoms with E-state index in [9.17, 15) is 24.9 Å². The van der Waals surface area contributed by atoms with Crippen molar-refractivity contribution < 1.29 is 40.3 Å². The Labute approximate surface area is 295 Å². The van der Waals surface area contributed by atoms with Gasteiger partial charge in [-0.05, 0) is 94.8 Å². The van der Waals surface area contributed by atoms with Gasteiger partial charge in [0.15, 0.2) is 0 Å². The van der Waals surface area contributed by atoms with Gasteiger partial charge < -0.3 is 30.7 Å². The van der Waals surface area contributed by atoms with Gasteiger partial charge >= 0.3 is 0 Å². The van der Waals surface area contributed by atoms with Gasteiger partial charge in [-0.2, -0.15) is 0 Å². The highest BCUT2D eigenvalue weighted by molar-refractivity contribution is 5.84. The van der Waals surface area contributed by atoms with Crippen LogP contribution >= 0.6 is 0 Å². The maximum absolute atomic E-state index is 13.5. The molecule has 0 spiro atoms. The zero-order chi connectivity index (χ0) is 34.9. The molecule has 3 aliphatic carbocycles. The molecule has 5 rings (SSSR count). The van der Waals surface area contributed by atoms with Crippen LogP contribution in [-0.2, 0) is 14.3 Å². The minimum Gasteiger partial charge on any atom is -0.393 e. The van der Waals surface area contributed by atoms with E-state index in [-0.39, 0.29) is 35.8 Å². The molecule has 0 radical (unpaired) electrons. The summed E-state index contributed by atoms with van der Waals surface area (Å²) < 4.78 is 5.64. The second-order valence-corrected chi connectivity index (χ2v) is 16.9. The molecule has 4 fully saturated rings. The average molecular weight is 688 g/mol. The van der Waals surface area contributed by atoms with Crippen LogP contribution < -0.4 is 16.4 Å². The maximum Gasteiger partial charge on any atom is 0.150 e. The van der Waals surface area contributed by atoms with Crippen molar-refractivity contribution in [3.63, 3.8) is 0 Å². The fourth-order valence-electron chi connectivity index (χ4n) is 10.5. The average Bonchev–Trinajstić information content (AvgIpc) is 3.15. The van der Waals surface area contributed by atoms with Crippen molar-refractivity contribution in [2.45, 2.75) is 159 Å². The van der Waals surface area contributed by atoms with Crippen molar-refractivity contribution in [1.82, 2.24) is 0 Å². The summed E-state index contributed by atoms with van der Waals surface area (Å²) in [4.78, 5) is 25.4. The Bertz CT molecular complexity index is 1130. The van der Waals surface area contributed by atoms with Crippen LogP contribution in [0.4, 0.5) is 0 Å². The quantitative estimate of drug-likeness (QED) is 0.120. The van der Waals surface area contributed by atoms with Crippen LogP contribution in [0, 0.1) is 59.2 Å². The van der Waals surface area contributed by atoms with E-state index < -0.39 is 24.2 Å². The lowest BCUT2D eigenvalue weighted by atomic mass is 9.67. The Morgan fingerprint density at radius 3 is 2.49 bits per heavy atom. The number of hydrogen-bond acceptors (Lipinski definition) is 7. The van der Waals surface area contributed by atoms with Crippen LogP contribution in [-0.4, -0.2) is 83.7 Å². The number of ketones is 2.